The molecule has 0 aromatic carbocycles. The lowest BCUT2D eigenvalue weighted by Crippen LogP contribution is -2.38. The molecule has 0 unspecified atom stereocenters. The quantitative estimate of drug-likeness (QED) is 0.521. The molecule has 0 spiro atoms. The highest BCUT2D eigenvalue weighted by Crippen LogP contribution is 2.23. The van der Waals surface area contributed by atoms with E-state index in [4.69, 9.17) is 0 Å². The van der Waals surface area contributed by atoms with E-state index in [2.05, 4.69) is 15.6 Å². The van der Waals surface area contributed by atoms with Crippen molar-refractivity contribution in [1.82, 2.24) is 10.6 Å². The van der Waals surface area contributed by atoms with Crippen LogP contribution in [-0.4, -0.2) is 24.4 Å². The lowest BCUT2D eigenvalue weighted by Gasteiger charge is -2.20. The predicted octanol–water partition coefficient (Wildman–Crippen LogP) is -0.350. The molecule has 2 aliphatic heterocycles. The first kappa shape index (κ1) is 6.72. The Kier molecular flexibility index (Phi) is 1.58. The fourth-order valence-electron chi connectivity index (χ4n) is 0.933. The highest BCUT2D eigenvalue weighted by molar-refractivity contribution is 8.03. The van der Waals surface area contributed by atoms with E-state index in [1.54, 1.807) is 6.21 Å². The normalized spacial score (nSPS) is 22.4. The first-order valence-corrected chi connectivity index (χ1v) is 4.28. The summed E-state index contributed by atoms with van der Waals surface area (Å²) in [6.45, 7) is 0.694. The average Bonchev–Trinajstić information content (AvgIpc) is 2.04. The topological polar surface area (TPSA) is 53.5 Å². The minimum absolute atomic E-state index is 0.0401. The molecule has 0 aromatic heterocycles. The summed E-state index contributed by atoms with van der Waals surface area (Å²) in [6, 6.07) is 0. The molecule has 0 saturated carbocycles. The molecule has 1 amide bonds. The predicted molar refractivity (Wildman–Crippen MR) is 44.1 cm³/mol. The SMILES string of the molecule is O=C1CSC2=C(NCC=N2)N1. The van der Waals surface area contributed by atoms with Crippen molar-refractivity contribution in [3.63, 3.8) is 0 Å². The van der Waals surface area contributed by atoms with Gasteiger partial charge in [0.1, 0.15) is 10.9 Å². The number of hydrogen-bond donors (Lipinski definition) is 2. The molecule has 4 nitrogen and oxygen atoms in total. The van der Waals surface area contributed by atoms with Gasteiger partial charge in [0.25, 0.3) is 0 Å². The summed E-state index contributed by atoms with van der Waals surface area (Å²) in [5, 5.41) is 6.63. The number of thioether (sulfide) groups is 1. The molecule has 2 heterocycles. The smallest absolute Gasteiger partial charge is 0.235 e. The van der Waals surface area contributed by atoms with Crippen molar-refractivity contribution < 1.29 is 4.79 Å². The summed E-state index contributed by atoms with van der Waals surface area (Å²) in [5.74, 6) is 1.27. The molecule has 0 saturated heterocycles. The van der Waals surface area contributed by atoms with E-state index in [-0.39, 0.29) is 5.91 Å². The van der Waals surface area contributed by atoms with E-state index in [0.29, 0.717) is 12.3 Å². The van der Waals surface area contributed by atoms with Gasteiger partial charge in [0.2, 0.25) is 5.91 Å². The van der Waals surface area contributed by atoms with Gasteiger partial charge in [-0.3, -0.25) is 4.79 Å². The van der Waals surface area contributed by atoms with E-state index in [9.17, 15) is 4.79 Å². The van der Waals surface area contributed by atoms with Crippen molar-refractivity contribution in [3.8, 4) is 0 Å². The van der Waals surface area contributed by atoms with Crippen LogP contribution in [0.1, 0.15) is 0 Å². The van der Waals surface area contributed by atoms with E-state index >= 15 is 0 Å². The number of amides is 1. The Balaban J connectivity index is 2.26. The molecule has 0 radical (unpaired) electrons. The van der Waals surface area contributed by atoms with Crippen LogP contribution in [0.15, 0.2) is 15.8 Å². The van der Waals surface area contributed by atoms with Crippen LogP contribution < -0.4 is 10.6 Å². The maximum atomic E-state index is 10.9. The minimum atomic E-state index is 0.0401. The highest BCUT2D eigenvalue weighted by atomic mass is 32.2. The van der Waals surface area contributed by atoms with Gasteiger partial charge in [0.15, 0.2) is 0 Å². The van der Waals surface area contributed by atoms with Crippen molar-refractivity contribution in [3.05, 3.63) is 10.9 Å². The third-order valence-corrected chi connectivity index (χ3v) is 2.39. The third kappa shape index (κ3) is 1.23. The Bertz CT molecular complexity index is 259. The molecule has 2 rings (SSSR count). The first-order chi connectivity index (χ1) is 5.36. The van der Waals surface area contributed by atoms with Crippen LogP contribution in [0.3, 0.4) is 0 Å². The Labute approximate surface area is 68.1 Å². The fourth-order valence-corrected chi connectivity index (χ4v) is 1.69. The number of hydrogen-bond acceptors (Lipinski definition) is 4. The van der Waals surface area contributed by atoms with Crippen LogP contribution in [0.2, 0.25) is 0 Å². The van der Waals surface area contributed by atoms with Gasteiger partial charge in [-0.15, -0.1) is 0 Å². The van der Waals surface area contributed by atoms with Crippen LogP contribution >= 0.6 is 11.8 Å². The number of carbonyl (C=O) groups is 1. The molecule has 0 bridgehead atoms. The zero-order chi connectivity index (χ0) is 7.68. The van der Waals surface area contributed by atoms with Crippen molar-refractivity contribution in [1.29, 1.82) is 0 Å². The summed E-state index contributed by atoms with van der Waals surface area (Å²) in [6.07, 6.45) is 1.79. The zero-order valence-corrected chi connectivity index (χ0v) is 6.57. The molecule has 2 N–H and O–H groups in total. The van der Waals surface area contributed by atoms with E-state index in [1.165, 1.54) is 11.8 Å². The van der Waals surface area contributed by atoms with Crippen LogP contribution in [0.5, 0.6) is 0 Å². The summed E-state index contributed by atoms with van der Waals surface area (Å²) in [7, 11) is 0. The maximum Gasteiger partial charge on any atom is 0.235 e. The molecule has 0 aromatic rings. The van der Waals surface area contributed by atoms with Gasteiger partial charge in [0, 0.05) is 6.21 Å². The number of aliphatic imine (C=N–C) groups is 1. The van der Waals surface area contributed by atoms with Crippen molar-refractivity contribution in [2.24, 2.45) is 4.99 Å². The van der Waals surface area contributed by atoms with E-state index in [0.717, 1.165) is 10.9 Å². The molecule has 0 aliphatic carbocycles. The van der Waals surface area contributed by atoms with Crippen LogP contribution in [0, 0.1) is 0 Å². The first-order valence-electron chi connectivity index (χ1n) is 3.29. The largest absolute Gasteiger partial charge is 0.364 e. The Morgan fingerprint density at radius 2 is 2.55 bits per heavy atom. The van der Waals surface area contributed by atoms with Crippen molar-refractivity contribution in [2.75, 3.05) is 12.3 Å². The highest BCUT2D eigenvalue weighted by Gasteiger charge is 2.18. The number of nitrogens with one attached hydrogen (secondary N) is 2. The lowest BCUT2D eigenvalue weighted by atomic mass is 10.5. The zero-order valence-electron chi connectivity index (χ0n) is 5.76. The molecular formula is C6H7N3OS. The second-order valence-electron chi connectivity index (χ2n) is 2.21. The Morgan fingerprint density at radius 3 is 3.45 bits per heavy atom. The van der Waals surface area contributed by atoms with E-state index < -0.39 is 0 Å². The van der Waals surface area contributed by atoms with Crippen LogP contribution in [-0.2, 0) is 4.79 Å². The van der Waals surface area contributed by atoms with Gasteiger partial charge < -0.3 is 10.6 Å². The summed E-state index contributed by atoms with van der Waals surface area (Å²) >= 11 is 1.46. The maximum absolute atomic E-state index is 10.9. The van der Waals surface area contributed by atoms with Gasteiger partial charge in [-0.2, -0.15) is 0 Å². The van der Waals surface area contributed by atoms with Gasteiger partial charge >= 0.3 is 0 Å². The molecule has 58 valence electrons. The number of rotatable bonds is 0. The van der Waals surface area contributed by atoms with Gasteiger partial charge in [-0.05, 0) is 0 Å². The Morgan fingerprint density at radius 1 is 1.64 bits per heavy atom. The minimum Gasteiger partial charge on any atom is -0.364 e. The second kappa shape index (κ2) is 2.58. The van der Waals surface area contributed by atoms with Crippen molar-refractivity contribution in [2.45, 2.75) is 0 Å². The molecule has 0 fully saturated rings. The van der Waals surface area contributed by atoms with E-state index in [1.807, 2.05) is 0 Å². The van der Waals surface area contributed by atoms with Gasteiger partial charge in [0.05, 0.1) is 12.3 Å². The third-order valence-electron chi connectivity index (χ3n) is 1.40. The van der Waals surface area contributed by atoms with Crippen LogP contribution in [0.25, 0.3) is 0 Å². The monoisotopic (exact) mass is 169 g/mol. The number of nitrogens with zero attached hydrogens (tertiary/aromatic N) is 1. The number of carbonyl (C=O) groups excluding carboxylic acids is 1. The molecular weight excluding hydrogens is 162 g/mol. The van der Waals surface area contributed by atoms with Gasteiger partial charge in [-0.1, -0.05) is 11.8 Å². The second-order valence-corrected chi connectivity index (χ2v) is 3.17. The van der Waals surface area contributed by atoms with Crippen LogP contribution in [0.4, 0.5) is 0 Å². The molecule has 2 aliphatic rings. The van der Waals surface area contributed by atoms with Crippen molar-refractivity contribution >= 4 is 23.9 Å². The summed E-state index contributed by atoms with van der Waals surface area (Å²) < 4.78 is 0. The molecule has 11 heavy (non-hydrogen) atoms. The van der Waals surface area contributed by atoms with Gasteiger partial charge in [-0.25, -0.2) is 4.99 Å². The fraction of sp³-hybridized carbons (Fsp3) is 0.333. The summed E-state index contributed by atoms with van der Waals surface area (Å²) in [5.41, 5.74) is 0. The standard InChI is InChI=1S/C6H7N3OS/c10-4-3-11-6-5(9-4)7-1-2-8-6/h2,7H,1,3H2,(H,9,10). The molecule has 0 atom stereocenters. The average molecular weight is 169 g/mol. The summed E-state index contributed by atoms with van der Waals surface area (Å²) in [4.78, 5) is 15.0. The molecule has 5 heteroatoms. The Hall–Kier alpha value is -0.970. The lowest BCUT2D eigenvalue weighted by molar-refractivity contribution is -0.118.